The van der Waals surface area contributed by atoms with Gasteiger partial charge in [-0.3, -0.25) is 9.59 Å². The number of hydrogen-bond acceptors (Lipinski definition) is 3. The molecule has 3 N–H and O–H groups in total. The zero-order valence-electron chi connectivity index (χ0n) is 12.5. The van der Waals surface area contributed by atoms with E-state index in [2.05, 4.69) is 10.6 Å². The van der Waals surface area contributed by atoms with Crippen molar-refractivity contribution in [2.75, 3.05) is 5.32 Å². The van der Waals surface area contributed by atoms with E-state index < -0.39 is 6.10 Å². The summed E-state index contributed by atoms with van der Waals surface area (Å²) < 4.78 is 0. The third-order valence-corrected chi connectivity index (χ3v) is 4.41. The summed E-state index contributed by atoms with van der Waals surface area (Å²) in [5.41, 5.74) is 1.26. The molecule has 2 amide bonds. The average molecular weight is 302 g/mol. The second-order valence-electron chi connectivity index (χ2n) is 6.27. The van der Waals surface area contributed by atoms with Gasteiger partial charge >= 0.3 is 0 Å². The molecule has 2 saturated carbocycles. The quantitative estimate of drug-likeness (QED) is 0.796. The first-order chi connectivity index (χ1) is 10.6. The first-order valence-corrected chi connectivity index (χ1v) is 8.03. The Morgan fingerprint density at radius 2 is 1.68 bits per heavy atom. The van der Waals surface area contributed by atoms with E-state index in [0.29, 0.717) is 11.3 Å². The molecular weight excluding hydrogens is 280 g/mol. The molecule has 0 heterocycles. The molecule has 2 atom stereocenters. The number of nitrogens with one attached hydrogen (secondary N) is 2. The summed E-state index contributed by atoms with van der Waals surface area (Å²) in [4.78, 5) is 23.9. The molecule has 22 heavy (non-hydrogen) atoms. The largest absolute Gasteiger partial charge is 0.391 e. The normalized spacial score (nSPS) is 24.6. The lowest BCUT2D eigenvalue weighted by molar-refractivity contribution is -0.117. The number of aliphatic hydroxyl groups excluding tert-OH is 1. The highest BCUT2D eigenvalue weighted by molar-refractivity contribution is 5.96. The highest BCUT2D eigenvalue weighted by Crippen LogP contribution is 2.30. The Labute approximate surface area is 130 Å². The van der Waals surface area contributed by atoms with Crippen LogP contribution >= 0.6 is 0 Å². The van der Waals surface area contributed by atoms with Crippen molar-refractivity contribution in [3.8, 4) is 0 Å². The maximum atomic E-state index is 12.2. The van der Waals surface area contributed by atoms with Crippen molar-refractivity contribution in [1.82, 2.24) is 5.32 Å². The third-order valence-electron chi connectivity index (χ3n) is 4.41. The molecule has 5 nitrogen and oxygen atoms in total. The van der Waals surface area contributed by atoms with Crippen LogP contribution in [-0.4, -0.2) is 29.1 Å². The van der Waals surface area contributed by atoms with Crippen LogP contribution in [-0.2, 0) is 4.79 Å². The molecular formula is C17H22N2O3. The summed E-state index contributed by atoms with van der Waals surface area (Å²) in [5, 5.41) is 15.6. The van der Waals surface area contributed by atoms with Crippen LogP contribution in [0.2, 0.25) is 0 Å². The van der Waals surface area contributed by atoms with Gasteiger partial charge < -0.3 is 15.7 Å². The fraction of sp³-hybridized carbons (Fsp3) is 0.529. The number of amides is 2. The Hall–Kier alpha value is -1.88. The van der Waals surface area contributed by atoms with E-state index in [1.807, 2.05) is 0 Å². The summed E-state index contributed by atoms with van der Waals surface area (Å²) in [6.07, 6.45) is 5.11. The van der Waals surface area contributed by atoms with Gasteiger partial charge in [0.2, 0.25) is 5.91 Å². The van der Waals surface area contributed by atoms with Gasteiger partial charge in [0, 0.05) is 17.2 Å². The highest BCUT2D eigenvalue weighted by Gasteiger charge is 2.29. The molecule has 5 heteroatoms. The first kappa shape index (κ1) is 15.0. The van der Waals surface area contributed by atoms with Gasteiger partial charge in [-0.05, 0) is 49.9 Å². The number of benzene rings is 1. The van der Waals surface area contributed by atoms with Gasteiger partial charge in [0.25, 0.3) is 5.91 Å². The molecule has 0 radical (unpaired) electrons. The van der Waals surface area contributed by atoms with Crippen molar-refractivity contribution in [1.29, 1.82) is 0 Å². The SMILES string of the molecule is O=C(NC1CCCCC1O)c1ccc(NC(=O)C2CC2)cc1. The molecule has 3 rings (SSSR count). The van der Waals surface area contributed by atoms with Crippen molar-refractivity contribution < 1.29 is 14.7 Å². The number of aliphatic hydroxyl groups is 1. The average Bonchev–Trinajstić information content (AvgIpc) is 3.35. The van der Waals surface area contributed by atoms with E-state index in [1.165, 1.54) is 0 Å². The minimum atomic E-state index is -0.449. The van der Waals surface area contributed by atoms with Gasteiger partial charge in [0.15, 0.2) is 0 Å². The van der Waals surface area contributed by atoms with E-state index in [4.69, 9.17) is 0 Å². The van der Waals surface area contributed by atoms with Crippen LogP contribution in [0.5, 0.6) is 0 Å². The maximum Gasteiger partial charge on any atom is 0.251 e. The number of anilines is 1. The summed E-state index contributed by atoms with van der Waals surface area (Å²) in [6, 6.07) is 6.73. The van der Waals surface area contributed by atoms with Crippen LogP contribution in [0.3, 0.4) is 0 Å². The van der Waals surface area contributed by atoms with Crippen LogP contribution in [0, 0.1) is 5.92 Å². The summed E-state index contributed by atoms with van der Waals surface area (Å²) in [7, 11) is 0. The van der Waals surface area contributed by atoms with Gasteiger partial charge in [0.1, 0.15) is 0 Å². The van der Waals surface area contributed by atoms with Crippen LogP contribution in [0.15, 0.2) is 24.3 Å². The molecule has 2 aliphatic carbocycles. The Balaban J connectivity index is 1.57. The Kier molecular flexibility index (Phi) is 4.43. The predicted octanol–water partition coefficient (Wildman–Crippen LogP) is 2.07. The van der Waals surface area contributed by atoms with Gasteiger partial charge in [0.05, 0.1) is 12.1 Å². The fourth-order valence-electron chi connectivity index (χ4n) is 2.83. The van der Waals surface area contributed by atoms with E-state index in [1.54, 1.807) is 24.3 Å². The fourth-order valence-corrected chi connectivity index (χ4v) is 2.83. The van der Waals surface area contributed by atoms with Crippen LogP contribution in [0.1, 0.15) is 48.9 Å². The number of carbonyl (C=O) groups excluding carboxylic acids is 2. The molecule has 0 saturated heterocycles. The second-order valence-corrected chi connectivity index (χ2v) is 6.27. The predicted molar refractivity (Wildman–Crippen MR) is 83.5 cm³/mol. The first-order valence-electron chi connectivity index (χ1n) is 8.03. The number of rotatable bonds is 4. The van der Waals surface area contributed by atoms with Crippen LogP contribution < -0.4 is 10.6 Å². The van der Waals surface area contributed by atoms with Crippen molar-refractivity contribution in [2.24, 2.45) is 5.92 Å². The van der Waals surface area contributed by atoms with Crippen LogP contribution in [0.25, 0.3) is 0 Å². The summed E-state index contributed by atoms with van der Waals surface area (Å²) >= 11 is 0. The van der Waals surface area contributed by atoms with E-state index >= 15 is 0 Å². The molecule has 0 spiro atoms. The highest BCUT2D eigenvalue weighted by atomic mass is 16.3. The smallest absolute Gasteiger partial charge is 0.251 e. The molecule has 1 aromatic carbocycles. The molecule has 2 unspecified atom stereocenters. The van der Waals surface area contributed by atoms with E-state index in [0.717, 1.165) is 38.5 Å². The van der Waals surface area contributed by atoms with Gasteiger partial charge in [-0.25, -0.2) is 0 Å². The molecule has 0 aliphatic heterocycles. The maximum absolute atomic E-state index is 12.2. The lowest BCUT2D eigenvalue weighted by Crippen LogP contribution is -2.45. The van der Waals surface area contributed by atoms with Gasteiger partial charge in [-0.15, -0.1) is 0 Å². The Morgan fingerprint density at radius 3 is 2.32 bits per heavy atom. The Morgan fingerprint density at radius 1 is 1.00 bits per heavy atom. The van der Waals surface area contributed by atoms with E-state index in [9.17, 15) is 14.7 Å². The standard InChI is InChI=1S/C17H22N2O3/c20-15-4-2-1-3-14(15)19-17(22)12-7-9-13(10-8-12)18-16(21)11-5-6-11/h7-11,14-15,20H,1-6H2,(H,18,21)(H,19,22). The Bertz CT molecular complexity index is 552. The van der Waals surface area contributed by atoms with Crippen molar-refractivity contribution in [2.45, 2.75) is 50.7 Å². The van der Waals surface area contributed by atoms with Crippen molar-refractivity contribution in [3.63, 3.8) is 0 Å². The number of carbonyl (C=O) groups is 2. The summed E-state index contributed by atoms with van der Waals surface area (Å²) in [6.45, 7) is 0. The molecule has 118 valence electrons. The van der Waals surface area contributed by atoms with E-state index in [-0.39, 0.29) is 23.8 Å². The number of hydrogen-bond donors (Lipinski definition) is 3. The molecule has 1 aromatic rings. The minimum Gasteiger partial charge on any atom is -0.391 e. The monoisotopic (exact) mass is 302 g/mol. The lowest BCUT2D eigenvalue weighted by Gasteiger charge is -2.28. The zero-order chi connectivity index (χ0) is 15.5. The molecule has 2 fully saturated rings. The minimum absolute atomic E-state index is 0.0579. The van der Waals surface area contributed by atoms with Gasteiger partial charge in [-0.2, -0.15) is 0 Å². The van der Waals surface area contributed by atoms with Crippen LogP contribution in [0.4, 0.5) is 5.69 Å². The zero-order valence-corrected chi connectivity index (χ0v) is 12.5. The second kappa shape index (κ2) is 6.48. The van der Waals surface area contributed by atoms with Crippen molar-refractivity contribution in [3.05, 3.63) is 29.8 Å². The lowest BCUT2D eigenvalue weighted by atomic mass is 9.92. The third kappa shape index (κ3) is 3.65. The molecule has 0 bridgehead atoms. The molecule has 0 aromatic heterocycles. The summed E-state index contributed by atoms with van der Waals surface area (Å²) in [5.74, 6) is 0.0457. The molecule has 2 aliphatic rings. The van der Waals surface area contributed by atoms with Gasteiger partial charge in [-0.1, -0.05) is 12.8 Å². The topological polar surface area (TPSA) is 78.4 Å². The van der Waals surface area contributed by atoms with Crippen molar-refractivity contribution >= 4 is 17.5 Å².